The van der Waals surface area contributed by atoms with Crippen molar-refractivity contribution in [2.24, 2.45) is 17.6 Å². The Bertz CT molecular complexity index is 486. The van der Waals surface area contributed by atoms with Gasteiger partial charge in [0.2, 0.25) is 5.91 Å². The van der Waals surface area contributed by atoms with Gasteiger partial charge in [0.05, 0.1) is 0 Å². The van der Waals surface area contributed by atoms with E-state index in [1.807, 2.05) is 6.07 Å². The summed E-state index contributed by atoms with van der Waals surface area (Å²) in [7, 11) is 0. The Hall–Kier alpha value is -0.970. The average Bonchev–Trinajstić information content (AvgIpc) is 3.16. The van der Waals surface area contributed by atoms with Crippen molar-refractivity contribution >= 4 is 36.4 Å². The lowest BCUT2D eigenvalue weighted by molar-refractivity contribution is -0.126. The summed E-state index contributed by atoms with van der Waals surface area (Å²) in [5.74, 6) is 0.750. The summed E-state index contributed by atoms with van der Waals surface area (Å²) >= 11 is 0. The summed E-state index contributed by atoms with van der Waals surface area (Å²) in [6, 6.07) is 10.7. The van der Waals surface area contributed by atoms with Crippen LogP contribution in [0.25, 0.3) is 0 Å². The fourth-order valence-corrected chi connectivity index (χ4v) is 3.72. The number of hydrogen-bond acceptors (Lipinski definition) is 3. The summed E-state index contributed by atoms with van der Waals surface area (Å²) in [6.07, 6.45) is 4.28. The summed E-state index contributed by atoms with van der Waals surface area (Å²) < 4.78 is 0. The number of amides is 1. The van der Waals surface area contributed by atoms with Gasteiger partial charge in [0.25, 0.3) is 0 Å². The van der Waals surface area contributed by atoms with Gasteiger partial charge in [-0.2, -0.15) is 0 Å². The first-order valence-corrected chi connectivity index (χ1v) is 8.08. The molecule has 2 aliphatic rings. The second kappa shape index (κ2) is 9.36. The summed E-state index contributed by atoms with van der Waals surface area (Å²) in [6.45, 7) is 2.56. The molecule has 6 heteroatoms. The zero-order valence-electron chi connectivity index (χ0n) is 13.3. The maximum atomic E-state index is 12.4. The van der Waals surface area contributed by atoms with Gasteiger partial charge in [-0.15, -0.1) is 24.8 Å². The molecule has 1 heterocycles. The first-order valence-electron chi connectivity index (χ1n) is 8.08. The van der Waals surface area contributed by atoms with Gasteiger partial charge < -0.3 is 16.0 Å². The number of nitrogens with two attached hydrogens (primary N) is 1. The number of rotatable bonds is 4. The topological polar surface area (TPSA) is 58.4 Å². The Morgan fingerprint density at radius 3 is 2.61 bits per heavy atom. The fourth-order valence-electron chi connectivity index (χ4n) is 3.72. The first-order chi connectivity index (χ1) is 10.3. The number of nitrogens with zero attached hydrogens (tertiary/aromatic N) is 1. The van der Waals surface area contributed by atoms with Crippen LogP contribution in [0.1, 0.15) is 25.7 Å². The predicted octanol–water partition coefficient (Wildman–Crippen LogP) is 2.60. The van der Waals surface area contributed by atoms with Crippen molar-refractivity contribution in [2.75, 3.05) is 24.5 Å². The molecule has 1 aliphatic carbocycles. The van der Waals surface area contributed by atoms with E-state index in [4.69, 9.17) is 5.73 Å². The van der Waals surface area contributed by atoms with E-state index in [1.54, 1.807) is 0 Å². The van der Waals surface area contributed by atoms with Crippen LogP contribution in [-0.2, 0) is 4.79 Å². The van der Waals surface area contributed by atoms with Crippen LogP contribution in [0, 0.1) is 11.8 Å². The molecule has 1 aromatic carbocycles. The quantitative estimate of drug-likeness (QED) is 0.868. The Morgan fingerprint density at radius 1 is 1.17 bits per heavy atom. The molecule has 1 aromatic rings. The number of anilines is 1. The molecule has 0 aromatic heterocycles. The van der Waals surface area contributed by atoms with Crippen LogP contribution in [0.5, 0.6) is 0 Å². The Balaban J connectivity index is 0.00000132. The zero-order valence-corrected chi connectivity index (χ0v) is 15.0. The molecule has 1 amide bonds. The van der Waals surface area contributed by atoms with Crippen LogP contribution in [0.15, 0.2) is 30.3 Å². The van der Waals surface area contributed by atoms with Crippen molar-refractivity contribution in [1.82, 2.24) is 5.32 Å². The number of carbonyl (C=O) groups excluding carboxylic acids is 1. The normalized spacial score (nSPS) is 26.3. The molecule has 1 saturated carbocycles. The van der Waals surface area contributed by atoms with Crippen molar-refractivity contribution in [3.63, 3.8) is 0 Å². The van der Waals surface area contributed by atoms with E-state index in [2.05, 4.69) is 34.5 Å². The number of nitrogens with one attached hydrogen (secondary N) is 1. The summed E-state index contributed by atoms with van der Waals surface area (Å²) in [5, 5.41) is 3.25. The maximum Gasteiger partial charge on any atom is 0.223 e. The van der Waals surface area contributed by atoms with Gasteiger partial charge in [-0.05, 0) is 43.9 Å². The Morgan fingerprint density at radius 2 is 1.91 bits per heavy atom. The molecule has 2 fully saturated rings. The van der Waals surface area contributed by atoms with Gasteiger partial charge in [0.1, 0.15) is 0 Å². The van der Waals surface area contributed by atoms with Crippen LogP contribution >= 0.6 is 24.8 Å². The van der Waals surface area contributed by atoms with Gasteiger partial charge in [-0.1, -0.05) is 24.6 Å². The largest absolute Gasteiger partial charge is 0.369 e. The monoisotopic (exact) mass is 359 g/mol. The second-order valence-corrected chi connectivity index (χ2v) is 6.31. The van der Waals surface area contributed by atoms with E-state index in [0.717, 1.165) is 38.8 Å². The van der Waals surface area contributed by atoms with E-state index in [0.29, 0.717) is 12.5 Å². The van der Waals surface area contributed by atoms with Gasteiger partial charge in [0, 0.05) is 30.7 Å². The van der Waals surface area contributed by atoms with E-state index < -0.39 is 0 Å². The van der Waals surface area contributed by atoms with E-state index >= 15 is 0 Å². The molecule has 0 bridgehead atoms. The lowest BCUT2D eigenvalue weighted by Gasteiger charge is -2.22. The van der Waals surface area contributed by atoms with Crippen LogP contribution in [-0.4, -0.2) is 31.6 Å². The molecular formula is C17H27Cl2N3O. The molecular weight excluding hydrogens is 333 g/mol. The highest BCUT2D eigenvalue weighted by atomic mass is 35.5. The SMILES string of the molecule is Cl.Cl.NC[C@H]1CCC[C@H]1C(=O)NC1CCN(c2ccccc2)C1. The van der Waals surface area contributed by atoms with Crippen molar-refractivity contribution in [3.05, 3.63) is 30.3 Å². The average molecular weight is 360 g/mol. The van der Waals surface area contributed by atoms with E-state index in [-0.39, 0.29) is 42.7 Å². The Kier molecular flexibility index (Phi) is 8.17. The minimum absolute atomic E-state index is 0. The first kappa shape index (κ1) is 20.1. The number of carbonyl (C=O) groups is 1. The van der Waals surface area contributed by atoms with E-state index in [1.165, 1.54) is 5.69 Å². The van der Waals surface area contributed by atoms with Gasteiger partial charge in [-0.3, -0.25) is 4.79 Å². The third-order valence-corrected chi connectivity index (χ3v) is 4.95. The molecule has 0 radical (unpaired) electrons. The van der Waals surface area contributed by atoms with Crippen LogP contribution in [0.2, 0.25) is 0 Å². The highest BCUT2D eigenvalue weighted by molar-refractivity contribution is 5.85. The lowest BCUT2D eigenvalue weighted by atomic mass is 9.95. The second-order valence-electron chi connectivity index (χ2n) is 6.31. The molecule has 3 N–H and O–H groups in total. The highest BCUT2D eigenvalue weighted by Gasteiger charge is 2.34. The molecule has 0 spiro atoms. The van der Waals surface area contributed by atoms with Crippen molar-refractivity contribution in [3.8, 4) is 0 Å². The van der Waals surface area contributed by atoms with Gasteiger partial charge in [-0.25, -0.2) is 0 Å². The highest BCUT2D eigenvalue weighted by Crippen LogP contribution is 2.31. The van der Waals surface area contributed by atoms with Crippen molar-refractivity contribution < 1.29 is 4.79 Å². The minimum atomic E-state index is 0. The molecule has 4 nitrogen and oxygen atoms in total. The van der Waals surface area contributed by atoms with E-state index in [9.17, 15) is 4.79 Å². The molecule has 3 rings (SSSR count). The van der Waals surface area contributed by atoms with Crippen molar-refractivity contribution in [1.29, 1.82) is 0 Å². The van der Waals surface area contributed by atoms with Crippen LogP contribution in [0.4, 0.5) is 5.69 Å². The zero-order chi connectivity index (χ0) is 14.7. The predicted molar refractivity (Wildman–Crippen MR) is 99.6 cm³/mol. The number of halogens is 2. The molecule has 23 heavy (non-hydrogen) atoms. The Labute approximate surface area is 151 Å². The van der Waals surface area contributed by atoms with Crippen molar-refractivity contribution in [2.45, 2.75) is 31.7 Å². The molecule has 3 atom stereocenters. The third-order valence-electron chi connectivity index (χ3n) is 4.95. The molecule has 1 unspecified atom stereocenters. The molecule has 1 aliphatic heterocycles. The third kappa shape index (κ3) is 4.75. The lowest BCUT2D eigenvalue weighted by Crippen LogP contribution is -2.42. The smallest absolute Gasteiger partial charge is 0.223 e. The maximum absolute atomic E-state index is 12.4. The molecule has 1 saturated heterocycles. The standard InChI is InChI=1S/C17H25N3O.2ClH/c18-11-13-5-4-8-16(13)17(21)19-14-9-10-20(12-14)15-6-2-1-3-7-15;;/h1-3,6-7,13-14,16H,4-5,8-12,18H2,(H,19,21);2*1H/t13-,14?,16-;;/m1../s1. The number of para-hydroxylation sites is 1. The minimum Gasteiger partial charge on any atom is -0.369 e. The summed E-state index contributed by atoms with van der Waals surface area (Å²) in [5.41, 5.74) is 7.03. The van der Waals surface area contributed by atoms with Crippen LogP contribution in [0.3, 0.4) is 0 Å². The van der Waals surface area contributed by atoms with Gasteiger partial charge in [0.15, 0.2) is 0 Å². The fraction of sp³-hybridized carbons (Fsp3) is 0.588. The van der Waals surface area contributed by atoms with Crippen LogP contribution < -0.4 is 16.0 Å². The van der Waals surface area contributed by atoms with Gasteiger partial charge >= 0.3 is 0 Å². The molecule has 130 valence electrons. The number of hydrogen-bond donors (Lipinski definition) is 2. The summed E-state index contributed by atoms with van der Waals surface area (Å²) in [4.78, 5) is 14.8. The number of benzene rings is 1.